The first kappa shape index (κ1) is 15.4. The summed E-state index contributed by atoms with van der Waals surface area (Å²) in [6, 6.07) is 15.5. The third kappa shape index (κ3) is 2.87. The van der Waals surface area contributed by atoms with E-state index in [1.54, 1.807) is 48.5 Å². The molecule has 2 amide bonds. The number of nitrogens with two attached hydrogens (primary N) is 1. The maximum absolute atomic E-state index is 12.7. The molecule has 3 rings (SSSR count). The van der Waals surface area contributed by atoms with Crippen LogP contribution in [0.3, 0.4) is 0 Å². The number of amides is 2. The number of para-hydroxylation sites is 1. The Morgan fingerprint density at radius 3 is 2.29 bits per heavy atom. The molecule has 0 bridgehead atoms. The van der Waals surface area contributed by atoms with Crippen LogP contribution in [0.25, 0.3) is 16.5 Å². The van der Waals surface area contributed by atoms with Crippen LogP contribution in [-0.2, 0) is 4.79 Å². The van der Waals surface area contributed by atoms with Gasteiger partial charge in [0.1, 0.15) is 0 Å². The Balaban J connectivity index is 2.21. The fourth-order valence-electron chi connectivity index (χ4n) is 2.35. The van der Waals surface area contributed by atoms with Crippen LogP contribution in [0.15, 0.2) is 59.4 Å². The van der Waals surface area contributed by atoms with Gasteiger partial charge in [-0.3, -0.25) is 14.4 Å². The Morgan fingerprint density at radius 2 is 1.62 bits per heavy atom. The summed E-state index contributed by atoms with van der Waals surface area (Å²) in [6.07, 6.45) is 0. The molecule has 0 spiro atoms. The van der Waals surface area contributed by atoms with Gasteiger partial charge < -0.3 is 11.1 Å². The minimum atomic E-state index is -0.663. The maximum Gasteiger partial charge on any atom is 0.279 e. The number of carbonyl (C=O) groups is 2. The summed E-state index contributed by atoms with van der Waals surface area (Å²) in [7, 11) is 0. The summed E-state index contributed by atoms with van der Waals surface area (Å²) < 4.78 is 1.17. The van der Waals surface area contributed by atoms with Crippen LogP contribution in [0.1, 0.15) is 10.5 Å². The summed E-state index contributed by atoms with van der Waals surface area (Å²) in [5.74, 6) is -1.24. The Bertz CT molecular complexity index is 980. The van der Waals surface area contributed by atoms with E-state index in [1.165, 1.54) is 4.68 Å². The highest BCUT2D eigenvalue weighted by Crippen LogP contribution is 2.15. The van der Waals surface area contributed by atoms with E-state index in [4.69, 9.17) is 5.73 Å². The first-order chi connectivity index (χ1) is 11.6. The summed E-state index contributed by atoms with van der Waals surface area (Å²) in [4.78, 5) is 35.9. The molecule has 7 heteroatoms. The van der Waals surface area contributed by atoms with Crippen molar-refractivity contribution in [2.24, 2.45) is 5.73 Å². The first-order valence-corrected chi connectivity index (χ1v) is 7.22. The molecule has 0 fully saturated rings. The van der Waals surface area contributed by atoms with Crippen molar-refractivity contribution in [2.75, 3.05) is 6.54 Å². The number of rotatable bonds is 4. The summed E-state index contributed by atoms with van der Waals surface area (Å²) in [5.41, 5.74) is 5.31. The fourth-order valence-corrected chi connectivity index (χ4v) is 2.35. The minimum absolute atomic E-state index is 0.0512. The molecule has 2 aromatic carbocycles. The van der Waals surface area contributed by atoms with Crippen LogP contribution in [0.5, 0.6) is 0 Å². The van der Waals surface area contributed by atoms with E-state index in [2.05, 4.69) is 10.4 Å². The van der Waals surface area contributed by atoms with Gasteiger partial charge in [-0.25, -0.2) is 0 Å². The lowest BCUT2D eigenvalue weighted by Crippen LogP contribution is -2.35. The molecular formula is C17H14N4O3. The fraction of sp³-hybridized carbons (Fsp3) is 0.0588. The average molecular weight is 322 g/mol. The number of fused-ring (bicyclic) bond motifs is 1. The molecule has 0 aliphatic heterocycles. The lowest BCUT2D eigenvalue weighted by molar-refractivity contribution is -0.117. The zero-order valence-electron chi connectivity index (χ0n) is 12.6. The normalized spacial score (nSPS) is 10.5. The largest absolute Gasteiger partial charge is 0.368 e. The molecule has 24 heavy (non-hydrogen) atoms. The van der Waals surface area contributed by atoms with E-state index in [1.807, 2.05) is 6.07 Å². The van der Waals surface area contributed by atoms with Crippen molar-refractivity contribution in [3.8, 4) is 5.69 Å². The van der Waals surface area contributed by atoms with Crippen molar-refractivity contribution in [2.45, 2.75) is 0 Å². The highest BCUT2D eigenvalue weighted by molar-refractivity contribution is 6.05. The van der Waals surface area contributed by atoms with Crippen LogP contribution in [0.2, 0.25) is 0 Å². The molecule has 0 saturated carbocycles. The van der Waals surface area contributed by atoms with E-state index >= 15 is 0 Å². The zero-order valence-corrected chi connectivity index (χ0v) is 12.6. The molecule has 7 nitrogen and oxygen atoms in total. The van der Waals surface area contributed by atoms with E-state index in [-0.39, 0.29) is 17.8 Å². The third-order valence-corrected chi connectivity index (χ3v) is 3.44. The van der Waals surface area contributed by atoms with E-state index in [0.29, 0.717) is 16.5 Å². The molecule has 0 atom stereocenters. The SMILES string of the molecule is NC(=O)CNC(=O)c1nn(-c2ccccc2)c(=O)c2ccccc12. The second kappa shape index (κ2) is 6.33. The van der Waals surface area contributed by atoms with Gasteiger partial charge in [0.15, 0.2) is 5.69 Å². The predicted molar refractivity (Wildman–Crippen MR) is 88.9 cm³/mol. The van der Waals surface area contributed by atoms with Crippen LogP contribution < -0.4 is 16.6 Å². The number of hydrogen-bond donors (Lipinski definition) is 2. The van der Waals surface area contributed by atoms with Crippen molar-refractivity contribution < 1.29 is 9.59 Å². The van der Waals surface area contributed by atoms with Crippen molar-refractivity contribution in [1.82, 2.24) is 15.1 Å². The number of carbonyl (C=O) groups excluding carboxylic acids is 2. The smallest absolute Gasteiger partial charge is 0.279 e. The Labute approximate surface area is 136 Å². The van der Waals surface area contributed by atoms with Gasteiger partial charge in [-0.1, -0.05) is 36.4 Å². The van der Waals surface area contributed by atoms with Crippen molar-refractivity contribution >= 4 is 22.6 Å². The lowest BCUT2D eigenvalue weighted by Gasteiger charge is -2.10. The molecule has 0 aliphatic carbocycles. The topological polar surface area (TPSA) is 107 Å². The zero-order chi connectivity index (χ0) is 17.1. The molecule has 0 saturated heterocycles. The number of aromatic nitrogens is 2. The maximum atomic E-state index is 12.7. The van der Waals surface area contributed by atoms with Gasteiger partial charge in [0, 0.05) is 5.39 Å². The monoisotopic (exact) mass is 322 g/mol. The summed E-state index contributed by atoms with van der Waals surface area (Å²) >= 11 is 0. The molecule has 1 aromatic heterocycles. The first-order valence-electron chi connectivity index (χ1n) is 7.22. The van der Waals surface area contributed by atoms with Crippen LogP contribution in [-0.4, -0.2) is 28.1 Å². The Kier molecular flexibility index (Phi) is 4.07. The third-order valence-electron chi connectivity index (χ3n) is 3.44. The number of nitrogens with one attached hydrogen (secondary N) is 1. The van der Waals surface area contributed by atoms with Gasteiger partial charge in [0.2, 0.25) is 5.91 Å². The predicted octanol–water partition coefficient (Wildman–Crippen LogP) is 0.601. The standard InChI is InChI=1S/C17H14N4O3/c18-14(22)10-19-16(23)15-12-8-4-5-9-13(12)17(24)21(20-15)11-6-2-1-3-7-11/h1-9H,10H2,(H2,18,22)(H,19,23). The van der Waals surface area contributed by atoms with E-state index < -0.39 is 11.8 Å². The minimum Gasteiger partial charge on any atom is -0.368 e. The second-order valence-corrected chi connectivity index (χ2v) is 5.10. The van der Waals surface area contributed by atoms with Crippen LogP contribution >= 0.6 is 0 Å². The van der Waals surface area contributed by atoms with Crippen molar-refractivity contribution in [1.29, 1.82) is 0 Å². The second-order valence-electron chi connectivity index (χ2n) is 5.10. The lowest BCUT2D eigenvalue weighted by atomic mass is 10.1. The number of hydrogen-bond acceptors (Lipinski definition) is 4. The molecule has 3 N–H and O–H groups in total. The highest BCUT2D eigenvalue weighted by atomic mass is 16.2. The molecular weight excluding hydrogens is 308 g/mol. The van der Waals surface area contributed by atoms with Crippen molar-refractivity contribution in [3.05, 3.63) is 70.6 Å². The Morgan fingerprint density at radius 1 is 1.00 bits per heavy atom. The molecule has 0 unspecified atom stereocenters. The van der Waals surface area contributed by atoms with Gasteiger partial charge in [-0.05, 0) is 18.2 Å². The molecule has 120 valence electrons. The average Bonchev–Trinajstić information content (AvgIpc) is 2.61. The van der Waals surface area contributed by atoms with Gasteiger partial charge in [-0.2, -0.15) is 9.78 Å². The summed E-state index contributed by atoms with van der Waals surface area (Å²) in [5, 5.41) is 7.36. The number of nitrogens with zero attached hydrogens (tertiary/aromatic N) is 2. The summed E-state index contributed by atoms with van der Waals surface area (Å²) in [6.45, 7) is -0.306. The number of benzene rings is 2. The van der Waals surface area contributed by atoms with Gasteiger partial charge >= 0.3 is 0 Å². The molecule has 1 heterocycles. The highest BCUT2D eigenvalue weighted by Gasteiger charge is 2.17. The van der Waals surface area contributed by atoms with Crippen LogP contribution in [0.4, 0.5) is 0 Å². The molecule has 0 radical (unpaired) electrons. The van der Waals surface area contributed by atoms with Crippen LogP contribution in [0, 0.1) is 0 Å². The van der Waals surface area contributed by atoms with Gasteiger partial charge in [0.25, 0.3) is 11.5 Å². The van der Waals surface area contributed by atoms with E-state index in [0.717, 1.165) is 0 Å². The molecule has 0 aliphatic rings. The quantitative estimate of drug-likeness (QED) is 0.733. The molecule has 3 aromatic rings. The van der Waals surface area contributed by atoms with Crippen molar-refractivity contribution in [3.63, 3.8) is 0 Å². The van der Waals surface area contributed by atoms with E-state index in [9.17, 15) is 14.4 Å². The van der Waals surface area contributed by atoms with Gasteiger partial charge in [0.05, 0.1) is 17.6 Å². The number of primary amides is 1. The Hall–Kier alpha value is -3.48. The van der Waals surface area contributed by atoms with Gasteiger partial charge in [-0.15, -0.1) is 0 Å².